The van der Waals surface area contributed by atoms with Crippen molar-refractivity contribution in [1.82, 2.24) is 14.9 Å². The van der Waals surface area contributed by atoms with Crippen LogP contribution >= 0.6 is 0 Å². The second kappa shape index (κ2) is 9.38. The number of rotatable bonds is 6. The van der Waals surface area contributed by atoms with Gasteiger partial charge >= 0.3 is 0 Å². The van der Waals surface area contributed by atoms with Crippen LogP contribution in [0.1, 0.15) is 18.4 Å². The molecule has 0 saturated carbocycles. The summed E-state index contributed by atoms with van der Waals surface area (Å²) in [7, 11) is 2.93. The zero-order chi connectivity index (χ0) is 23.5. The van der Waals surface area contributed by atoms with Gasteiger partial charge < -0.3 is 15.4 Å². The van der Waals surface area contributed by atoms with E-state index in [1.165, 1.54) is 35.9 Å². The van der Waals surface area contributed by atoms with Crippen molar-refractivity contribution < 1.29 is 13.5 Å². The lowest BCUT2D eigenvalue weighted by Gasteiger charge is -2.18. The highest BCUT2D eigenvalue weighted by Gasteiger charge is 2.21. The van der Waals surface area contributed by atoms with Crippen molar-refractivity contribution in [1.29, 1.82) is 5.26 Å². The van der Waals surface area contributed by atoms with E-state index in [1.54, 1.807) is 19.2 Å². The molecular weight excluding hydrogens is 428 g/mol. The van der Waals surface area contributed by atoms with Crippen LogP contribution in [0.3, 0.4) is 0 Å². The minimum Gasteiger partial charge on any atom is -0.494 e. The van der Waals surface area contributed by atoms with E-state index in [9.17, 15) is 13.6 Å². The molecule has 9 heteroatoms. The van der Waals surface area contributed by atoms with E-state index in [2.05, 4.69) is 15.6 Å². The van der Waals surface area contributed by atoms with Crippen LogP contribution in [0, 0.1) is 23.0 Å². The Morgan fingerprint density at radius 1 is 1.24 bits per heavy atom. The molecule has 1 aromatic heterocycles. The maximum absolute atomic E-state index is 14.5. The lowest BCUT2D eigenvalue weighted by molar-refractivity contribution is 0.386. The molecule has 4 rings (SSSR count). The van der Waals surface area contributed by atoms with Crippen LogP contribution in [0.4, 0.5) is 14.7 Å². The summed E-state index contributed by atoms with van der Waals surface area (Å²) in [5.74, 6) is -1.01. The molecule has 1 unspecified atom stereocenters. The van der Waals surface area contributed by atoms with Gasteiger partial charge in [0.15, 0.2) is 11.6 Å². The Balaban J connectivity index is 1.88. The van der Waals surface area contributed by atoms with E-state index in [4.69, 9.17) is 10.00 Å². The number of ether oxygens (including phenoxy) is 1. The highest BCUT2D eigenvalue weighted by Crippen LogP contribution is 2.32. The molecule has 7 nitrogen and oxygen atoms in total. The molecule has 170 valence electrons. The van der Waals surface area contributed by atoms with Crippen molar-refractivity contribution in [2.24, 2.45) is 7.05 Å². The van der Waals surface area contributed by atoms with Gasteiger partial charge in [0.2, 0.25) is 5.95 Å². The van der Waals surface area contributed by atoms with Crippen molar-refractivity contribution in [3.63, 3.8) is 0 Å². The molecule has 1 fully saturated rings. The van der Waals surface area contributed by atoms with Gasteiger partial charge in [0.05, 0.1) is 23.9 Å². The number of methoxy groups -OCH3 is 1. The van der Waals surface area contributed by atoms with Gasteiger partial charge in [-0.15, -0.1) is 0 Å². The van der Waals surface area contributed by atoms with E-state index in [0.717, 1.165) is 25.5 Å². The first-order chi connectivity index (χ1) is 15.9. The molecule has 0 spiro atoms. The minimum atomic E-state index is -0.728. The summed E-state index contributed by atoms with van der Waals surface area (Å²) in [4.78, 5) is 18.1. The van der Waals surface area contributed by atoms with Crippen LogP contribution < -0.4 is 20.9 Å². The SMILES string of the molecule is COc1ccc(-c2c(-c3ccc(C#N)c(F)c3)nc(NCC3CCCN3)n(C)c2=O)cc1F. The maximum atomic E-state index is 14.5. The number of halogens is 2. The quantitative estimate of drug-likeness (QED) is 0.597. The average molecular weight is 451 g/mol. The van der Waals surface area contributed by atoms with Crippen LogP contribution in [-0.2, 0) is 7.05 Å². The first-order valence-electron chi connectivity index (χ1n) is 10.5. The molecule has 2 heterocycles. The van der Waals surface area contributed by atoms with E-state index >= 15 is 0 Å². The standard InChI is InChI=1S/C24H23F2N5O2/c1-31-23(32)21(14-7-8-20(33-2)19(26)10-14)22(15-5-6-16(12-27)18(25)11-15)30-24(31)29-13-17-4-3-9-28-17/h5-8,10-11,17,28H,3-4,9,13H2,1-2H3,(H,29,30). The van der Waals surface area contributed by atoms with E-state index < -0.39 is 17.2 Å². The molecule has 2 N–H and O–H groups in total. The fourth-order valence-corrected chi connectivity index (χ4v) is 3.95. The summed E-state index contributed by atoms with van der Waals surface area (Å²) in [5.41, 5.74) is 0.352. The summed E-state index contributed by atoms with van der Waals surface area (Å²) in [5, 5.41) is 15.6. The first kappa shape index (κ1) is 22.4. The van der Waals surface area contributed by atoms with Gasteiger partial charge in [-0.2, -0.15) is 5.26 Å². The van der Waals surface area contributed by atoms with E-state index in [1.807, 2.05) is 0 Å². The highest BCUT2D eigenvalue weighted by molar-refractivity contribution is 5.81. The number of hydrogen-bond acceptors (Lipinski definition) is 6. The van der Waals surface area contributed by atoms with Crippen LogP contribution in [0.2, 0.25) is 0 Å². The fourth-order valence-electron chi connectivity index (χ4n) is 3.95. The van der Waals surface area contributed by atoms with Crippen LogP contribution in [0.15, 0.2) is 41.2 Å². The molecule has 1 aliphatic heterocycles. The summed E-state index contributed by atoms with van der Waals surface area (Å²) < 4.78 is 35.2. The third-order valence-electron chi connectivity index (χ3n) is 5.76. The Labute approximate surface area is 189 Å². The maximum Gasteiger partial charge on any atom is 0.263 e. The second-order valence-corrected chi connectivity index (χ2v) is 7.85. The molecule has 33 heavy (non-hydrogen) atoms. The van der Waals surface area contributed by atoms with Gasteiger partial charge in [0, 0.05) is 25.2 Å². The topological polar surface area (TPSA) is 92.0 Å². The number of nitrogens with zero attached hydrogens (tertiary/aromatic N) is 3. The third kappa shape index (κ3) is 4.43. The number of aromatic nitrogens is 2. The zero-order valence-corrected chi connectivity index (χ0v) is 18.3. The molecule has 1 saturated heterocycles. The Kier molecular flexibility index (Phi) is 6.38. The smallest absolute Gasteiger partial charge is 0.263 e. The predicted molar refractivity (Wildman–Crippen MR) is 121 cm³/mol. The molecule has 3 aromatic rings. The molecule has 1 atom stereocenters. The normalized spacial score (nSPS) is 15.3. The van der Waals surface area contributed by atoms with Crippen LogP contribution in [-0.4, -0.2) is 35.8 Å². The Morgan fingerprint density at radius 3 is 2.64 bits per heavy atom. The van der Waals surface area contributed by atoms with Crippen LogP contribution in [0.25, 0.3) is 22.4 Å². The van der Waals surface area contributed by atoms with Crippen molar-refractivity contribution in [2.75, 3.05) is 25.5 Å². The molecule has 0 aliphatic carbocycles. The lowest BCUT2D eigenvalue weighted by Crippen LogP contribution is -2.32. The Morgan fingerprint density at radius 2 is 2.00 bits per heavy atom. The van der Waals surface area contributed by atoms with Crippen molar-refractivity contribution in [3.8, 4) is 34.2 Å². The van der Waals surface area contributed by atoms with E-state index in [-0.39, 0.29) is 34.2 Å². The second-order valence-electron chi connectivity index (χ2n) is 7.85. The monoisotopic (exact) mass is 451 g/mol. The number of nitriles is 1. The number of anilines is 1. The van der Waals surface area contributed by atoms with Gasteiger partial charge in [-0.05, 0) is 49.2 Å². The van der Waals surface area contributed by atoms with Crippen LogP contribution in [0.5, 0.6) is 5.75 Å². The van der Waals surface area contributed by atoms with Gasteiger partial charge in [-0.1, -0.05) is 12.1 Å². The minimum absolute atomic E-state index is 0.0388. The van der Waals surface area contributed by atoms with Gasteiger partial charge in [0.25, 0.3) is 5.56 Å². The largest absolute Gasteiger partial charge is 0.494 e. The summed E-state index contributed by atoms with van der Waals surface area (Å²) in [6.45, 7) is 1.51. The predicted octanol–water partition coefficient (Wildman–Crippen LogP) is 3.44. The molecule has 2 aromatic carbocycles. The van der Waals surface area contributed by atoms with E-state index in [0.29, 0.717) is 18.1 Å². The first-order valence-corrected chi connectivity index (χ1v) is 10.5. The molecule has 1 aliphatic rings. The molecule has 0 bridgehead atoms. The van der Waals surface area contributed by atoms with Crippen molar-refractivity contribution in [2.45, 2.75) is 18.9 Å². The number of nitrogens with one attached hydrogen (secondary N) is 2. The molecule has 0 radical (unpaired) electrons. The fraction of sp³-hybridized carbons (Fsp3) is 0.292. The lowest BCUT2D eigenvalue weighted by atomic mass is 9.99. The highest BCUT2D eigenvalue weighted by atomic mass is 19.1. The number of benzene rings is 2. The van der Waals surface area contributed by atoms with Gasteiger partial charge in [-0.25, -0.2) is 13.8 Å². The molecule has 0 amide bonds. The summed E-state index contributed by atoms with van der Waals surface area (Å²) in [6, 6.07) is 10.2. The average Bonchev–Trinajstić information content (AvgIpc) is 3.33. The van der Waals surface area contributed by atoms with Crippen molar-refractivity contribution in [3.05, 3.63) is 63.9 Å². The third-order valence-corrected chi connectivity index (χ3v) is 5.76. The summed E-state index contributed by atoms with van der Waals surface area (Å²) >= 11 is 0. The summed E-state index contributed by atoms with van der Waals surface area (Å²) in [6.07, 6.45) is 2.09. The zero-order valence-electron chi connectivity index (χ0n) is 18.3. The Hall–Kier alpha value is -3.77. The number of hydrogen-bond donors (Lipinski definition) is 2. The van der Waals surface area contributed by atoms with Gasteiger partial charge in [-0.3, -0.25) is 9.36 Å². The molecular formula is C24H23F2N5O2. The Bertz CT molecular complexity index is 1290. The van der Waals surface area contributed by atoms with Crippen molar-refractivity contribution >= 4 is 5.95 Å². The van der Waals surface area contributed by atoms with Gasteiger partial charge in [0.1, 0.15) is 11.9 Å².